The van der Waals surface area contributed by atoms with Crippen LogP contribution in [-0.2, 0) is 9.53 Å². The Morgan fingerprint density at radius 3 is 2.92 bits per heavy atom. The van der Waals surface area contributed by atoms with Crippen LogP contribution in [0.1, 0.15) is 27.8 Å². The van der Waals surface area contributed by atoms with Crippen molar-refractivity contribution in [3.05, 3.63) is 58.7 Å². The van der Waals surface area contributed by atoms with Gasteiger partial charge in [-0.15, -0.1) is 11.3 Å². The zero-order chi connectivity index (χ0) is 17.6. The zero-order valence-corrected chi connectivity index (χ0v) is 14.2. The van der Waals surface area contributed by atoms with Gasteiger partial charge in [0.2, 0.25) is 0 Å². The first-order valence-electron chi connectivity index (χ1n) is 7.45. The summed E-state index contributed by atoms with van der Waals surface area (Å²) in [6.45, 7) is 0. The van der Waals surface area contributed by atoms with Crippen LogP contribution < -0.4 is 5.32 Å². The van der Waals surface area contributed by atoms with Gasteiger partial charge < -0.3 is 14.6 Å². The highest BCUT2D eigenvalue weighted by molar-refractivity contribution is 7.10. The van der Waals surface area contributed by atoms with Crippen molar-refractivity contribution in [3.63, 3.8) is 0 Å². The van der Waals surface area contributed by atoms with E-state index in [0.717, 1.165) is 10.4 Å². The van der Waals surface area contributed by atoms with Crippen molar-refractivity contribution >= 4 is 23.2 Å². The minimum atomic E-state index is -0.488. The number of carbonyl (C=O) groups excluding carboxylic acids is 2. The second-order valence-corrected chi connectivity index (χ2v) is 6.12. The van der Waals surface area contributed by atoms with Gasteiger partial charge in [0.1, 0.15) is 0 Å². The fourth-order valence-electron chi connectivity index (χ4n) is 2.22. The van der Waals surface area contributed by atoms with Crippen molar-refractivity contribution in [1.29, 1.82) is 0 Å². The normalized spacial score (nSPS) is 11.7. The lowest BCUT2D eigenvalue weighted by Crippen LogP contribution is -2.30. The molecule has 0 radical (unpaired) electrons. The van der Waals surface area contributed by atoms with Crippen LogP contribution in [0.15, 0.2) is 52.6 Å². The van der Waals surface area contributed by atoms with Crippen molar-refractivity contribution in [2.24, 2.45) is 0 Å². The number of nitrogens with one attached hydrogen (secondary N) is 1. The Morgan fingerprint density at radius 2 is 2.24 bits per heavy atom. The third-order valence-corrected chi connectivity index (χ3v) is 4.47. The number of esters is 1. The number of thiophene rings is 1. The molecule has 0 aliphatic heterocycles. The number of aromatic nitrogens is 2. The topological polar surface area (TPSA) is 94.3 Å². The third-order valence-electron chi connectivity index (χ3n) is 3.48. The smallest absolute Gasteiger partial charge is 0.307 e. The fraction of sp³-hybridized carbons (Fsp3) is 0.176. The largest absolute Gasteiger partial charge is 0.469 e. The van der Waals surface area contributed by atoms with E-state index in [1.54, 1.807) is 24.5 Å². The van der Waals surface area contributed by atoms with Gasteiger partial charge in [-0.3, -0.25) is 14.6 Å². The highest BCUT2D eigenvalue weighted by Gasteiger charge is 2.22. The summed E-state index contributed by atoms with van der Waals surface area (Å²) in [5.74, 6) is -0.394. The van der Waals surface area contributed by atoms with Crippen LogP contribution in [0.2, 0.25) is 0 Å². The molecule has 7 nitrogen and oxygen atoms in total. The van der Waals surface area contributed by atoms with Crippen LogP contribution in [0, 0.1) is 0 Å². The lowest BCUT2D eigenvalue weighted by atomic mass is 10.1. The Labute approximate surface area is 147 Å². The molecule has 8 heteroatoms. The minimum absolute atomic E-state index is 0.0378. The molecule has 3 rings (SSSR count). The lowest BCUT2D eigenvalue weighted by molar-refractivity contribution is -0.141. The van der Waals surface area contributed by atoms with Gasteiger partial charge in [0.05, 0.1) is 19.6 Å². The van der Waals surface area contributed by atoms with E-state index in [1.807, 2.05) is 17.5 Å². The van der Waals surface area contributed by atoms with E-state index < -0.39 is 17.9 Å². The number of pyridine rings is 1. The number of ether oxygens (including phenoxy) is 1. The maximum absolute atomic E-state index is 12.5. The molecule has 0 bridgehead atoms. The van der Waals surface area contributed by atoms with Crippen LogP contribution >= 0.6 is 11.3 Å². The van der Waals surface area contributed by atoms with Gasteiger partial charge in [-0.25, -0.2) is 0 Å². The molecule has 3 heterocycles. The maximum Gasteiger partial charge on any atom is 0.307 e. The summed E-state index contributed by atoms with van der Waals surface area (Å²) < 4.78 is 9.91. The van der Waals surface area contributed by atoms with Crippen LogP contribution in [0.4, 0.5) is 0 Å². The number of rotatable bonds is 6. The van der Waals surface area contributed by atoms with E-state index in [2.05, 4.69) is 15.5 Å². The Balaban J connectivity index is 1.75. The number of amides is 1. The molecule has 0 unspecified atom stereocenters. The molecule has 1 N–H and O–H groups in total. The number of hydrogen-bond donors (Lipinski definition) is 1. The highest BCUT2D eigenvalue weighted by atomic mass is 32.1. The lowest BCUT2D eigenvalue weighted by Gasteiger charge is -2.15. The number of nitrogens with zero attached hydrogens (tertiary/aromatic N) is 2. The molecule has 0 aliphatic rings. The van der Waals surface area contributed by atoms with Gasteiger partial charge >= 0.3 is 5.97 Å². The van der Waals surface area contributed by atoms with E-state index in [0.29, 0.717) is 5.76 Å². The predicted molar refractivity (Wildman–Crippen MR) is 90.9 cm³/mol. The molecule has 1 atom stereocenters. The molecule has 0 spiro atoms. The van der Waals surface area contributed by atoms with Crippen LogP contribution in [0.25, 0.3) is 11.3 Å². The summed E-state index contributed by atoms with van der Waals surface area (Å²) >= 11 is 1.45. The molecule has 3 aromatic heterocycles. The first-order chi connectivity index (χ1) is 12.2. The summed E-state index contributed by atoms with van der Waals surface area (Å²) in [6.07, 6.45) is 3.30. The molecular formula is C17H15N3O4S. The monoisotopic (exact) mass is 357 g/mol. The molecule has 0 saturated heterocycles. The Morgan fingerprint density at radius 1 is 1.36 bits per heavy atom. The summed E-state index contributed by atoms with van der Waals surface area (Å²) in [5.41, 5.74) is 0.851. The maximum atomic E-state index is 12.5. The van der Waals surface area contributed by atoms with E-state index in [-0.39, 0.29) is 12.1 Å². The zero-order valence-electron chi connectivity index (χ0n) is 13.3. The van der Waals surface area contributed by atoms with Crippen LogP contribution in [-0.4, -0.2) is 29.1 Å². The molecule has 0 fully saturated rings. The molecule has 1 amide bonds. The van der Waals surface area contributed by atoms with Gasteiger partial charge in [-0.05, 0) is 23.6 Å². The predicted octanol–water partition coefficient (Wildman–Crippen LogP) is 2.83. The summed E-state index contributed by atoms with van der Waals surface area (Å²) in [6, 6.07) is 8.33. The second-order valence-electron chi connectivity index (χ2n) is 5.14. The molecule has 0 aromatic carbocycles. The average molecular weight is 357 g/mol. The molecule has 128 valence electrons. The quantitative estimate of drug-likeness (QED) is 0.682. The number of carbonyl (C=O) groups is 2. The number of methoxy groups -OCH3 is 1. The Bertz CT molecular complexity index is 846. The van der Waals surface area contributed by atoms with Gasteiger partial charge in [0.25, 0.3) is 5.91 Å². The Hall–Kier alpha value is -3.00. The van der Waals surface area contributed by atoms with E-state index in [9.17, 15) is 9.59 Å². The van der Waals surface area contributed by atoms with Crippen molar-refractivity contribution in [2.75, 3.05) is 7.11 Å². The van der Waals surface area contributed by atoms with Crippen molar-refractivity contribution in [2.45, 2.75) is 12.5 Å². The van der Waals surface area contributed by atoms with Gasteiger partial charge in [0.15, 0.2) is 11.5 Å². The average Bonchev–Trinajstić information content (AvgIpc) is 3.33. The van der Waals surface area contributed by atoms with E-state index in [4.69, 9.17) is 9.26 Å². The van der Waals surface area contributed by atoms with Crippen molar-refractivity contribution in [3.8, 4) is 11.3 Å². The summed E-state index contributed by atoms with van der Waals surface area (Å²) in [7, 11) is 1.31. The van der Waals surface area contributed by atoms with E-state index >= 15 is 0 Å². The molecule has 0 saturated carbocycles. The van der Waals surface area contributed by atoms with Gasteiger partial charge in [-0.1, -0.05) is 11.2 Å². The van der Waals surface area contributed by atoms with Crippen LogP contribution in [0.3, 0.4) is 0 Å². The molecule has 25 heavy (non-hydrogen) atoms. The first-order valence-corrected chi connectivity index (χ1v) is 8.33. The first kappa shape index (κ1) is 16.8. The minimum Gasteiger partial charge on any atom is -0.469 e. The van der Waals surface area contributed by atoms with Crippen molar-refractivity contribution < 1.29 is 18.8 Å². The SMILES string of the molecule is COC(=O)C[C@@H](NC(=O)c1cc(-c2cccnc2)on1)c1cccs1. The second kappa shape index (κ2) is 7.71. The standard InChI is InChI=1S/C17H15N3O4S/c1-23-16(21)9-12(15-5-3-7-25-15)19-17(22)13-8-14(24-20-13)11-4-2-6-18-10-11/h2-8,10,12H,9H2,1H3,(H,19,22)/t12-/m1/s1. The highest BCUT2D eigenvalue weighted by Crippen LogP contribution is 2.24. The molecule has 0 aliphatic carbocycles. The number of hydrogen-bond acceptors (Lipinski definition) is 7. The van der Waals surface area contributed by atoms with Crippen molar-refractivity contribution in [1.82, 2.24) is 15.5 Å². The third kappa shape index (κ3) is 4.10. The molecule has 3 aromatic rings. The van der Waals surface area contributed by atoms with Crippen LogP contribution in [0.5, 0.6) is 0 Å². The van der Waals surface area contributed by atoms with E-state index in [1.165, 1.54) is 24.5 Å². The molecular weight excluding hydrogens is 342 g/mol. The fourth-order valence-corrected chi connectivity index (χ4v) is 3.00. The summed E-state index contributed by atoms with van der Waals surface area (Å²) in [4.78, 5) is 28.9. The summed E-state index contributed by atoms with van der Waals surface area (Å²) in [5, 5.41) is 8.47. The van der Waals surface area contributed by atoms with Gasteiger partial charge in [0, 0.05) is 28.9 Å². The Kier molecular flexibility index (Phi) is 5.20. The van der Waals surface area contributed by atoms with Gasteiger partial charge in [-0.2, -0.15) is 0 Å².